The van der Waals surface area contributed by atoms with Crippen LogP contribution in [0.3, 0.4) is 0 Å². The van der Waals surface area contributed by atoms with Crippen LogP contribution in [0.15, 0.2) is 18.2 Å². The van der Waals surface area contributed by atoms with E-state index in [0.29, 0.717) is 0 Å². The lowest BCUT2D eigenvalue weighted by Crippen LogP contribution is -2.49. The summed E-state index contributed by atoms with van der Waals surface area (Å²) in [7, 11) is 0. The molecular weight excluding hydrogens is 362 g/mol. The van der Waals surface area contributed by atoms with Crippen LogP contribution < -0.4 is 15.8 Å². The fourth-order valence-electron chi connectivity index (χ4n) is 3.88. The molecule has 0 heterocycles. The van der Waals surface area contributed by atoms with E-state index in [0.717, 1.165) is 67.7 Å². The number of nitrogens with one attached hydrogen (secondary N) is 1. The summed E-state index contributed by atoms with van der Waals surface area (Å²) in [6, 6.07) is 6.25. The normalized spacial score (nSPS) is 11.4. The van der Waals surface area contributed by atoms with Gasteiger partial charge >= 0.3 is 0 Å². The summed E-state index contributed by atoms with van der Waals surface area (Å²) in [4.78, 5) is 10.4. The van der Waals surface area contributed by atoms with Gasteiger partial charge in [0.1, 0.15) is 5.75 Å². The smallest absolute Gasteiger partial charge is 0.207 e. The van der Waals surface area contributed by atoms with E-state index in [1.165, 1.54) is 50.9 Å². The SMILES string of the molecule is CCCCOc1ccc(CCCCCC[N+](CC)(CC)CCCNC=O)cc1N. The van der Waals surface area contributed by atoms with E-state index in [9.17, 15) is 4.79 Å². The average Bonchev–Trinajstić information content (AvgIpc) is 2.74. The van der Waals surface area contributed by atoms with Crippen LogP contribution in [-0.4, -0.2) is 50.2 Å². The van der Waals surface area contributed by atoms with Gasteiger partial charge in [-0.25, -0.2) is 0 Å². The van der Waals surface area contributed by atoms with Gasteiger partial charge in [0.25, 0.3) is 0 Å². The van der Waals surface area contributed by atoms with Crippen molar-refractivity contribution >= 4 is 12.1 Å². The van der Waals surface area contributed by atoms with Crippen LogP contribution in [0.1, 0.15) is 71.3 Å². The number of unbranched alkanes of at least 4 members (excludes halogenated alkanes) is 4. The van der Waals surface area contributed by atoms with Gasteiger partial charge in [-0.05, 0) is 63.6 Å². The summed E-state index contributed by atoms with van der Waals surface area (Å²) in [6.45, 7) is 13.0. The van der Waals surface area contributed by atoms with Crippen molar-refractivity contribution in [2.75, 3.05) is 45.1 Å². The highest BCUT2D eigenvalue weighted by Crippen LogP contribution is 2.24. The number of benzene rings is 1. The van der Waals surface area contributed by atoms with Gasteiger partial charge in [0, 0.05) is 13.0 Å². The Morgan fingerprint density at radius 1 is 1.00 bits per heavy atom. The predicted octanol–water partition coefficient (Wildman–Crippen LogP) is 4.54. The molecule has 0 radical (unpaired) electrons. The van der Waals surface area contributed by atoms with Gasteiger partial charge in [0.2, 0.25) is 6.41 Å². The second-order valence-corrected chi connectivity index (χ2v) is 8.09. The van der Waals surface area contributed by atoms with Crippen LogP contribution in [-0.2, 0) is 11.2 Å². The van der Waals surface area contributed by atoms with Crippen LogP contribution in [0.25, 0.3) is 0 Å². The maximum atomic E-state index is 10.4. The minimum absolute atomic E-state index is 0.739. The molecule has 1 aromatic rings. The van der Waals surface area contributed by atoms with E-state index < -0.39 is 0 Å². The van der Waals surface area contributed by atoms with Gasteiger partial charge < -0.3 is 20.3 Å². The van der Waals surface area contributed by atoms with Crippen LogP contribution in [0.4, 0.5) is 5.69 Å². The van der Waals surface area contributed by atoms with E-state index in [2.05, 4.69) is 38.2 Å². The number of amides is 1. The summed E-state index contributed by atoms with van der Waals surface area (Å²) in [5, 5.41) is 2.78. The third-order valence-corrected chi connectivity index (χ3v) is 6.06. The molecule has 0 spiro atoms. The standard InChI is InChI=1S/C24H43N3O2/c1-4-7-19-29-24-15-14-22(20-23(24)25)13-10-8-9-11-17-27(5-2,6-3)18-12-16-26-21-28/h14-15,20-21H,4-13,16-19,25H2,1-3H3/p+1. The molecule has 0 aromatic heterocycles. The number of carbonyl (C=O) groups excluding carboxylic acids is 1. The van der Waals surface area contributed by atoms with Crippen molar-refractivity contribution in [1.82, 2.24) is 5.32 Å². The summed E-state index contributed by atoms with van der Waals surface area (Å²) < 4.78 is 6.90. The molecule has 3 N–H and O–H groups in total. The van der Waals surface area contributed by atoms with Crippen molar-refractivity contribution in [3.63, 3.8) is 0 Å². The van der Waals surface area contributed by atoms with Crippen LogP contribution in [0.5, 0.6) is 5.75 Å². The molecule has 5 nitrogen and oxygen atoms in total. The van der Waals surface area contributed by atoms with E-state index in [-0.39, 0.29) is 0 Å². The molecule has 0 aliphatic carbocycles. The summed E-state index contributed by atoms with van der Waals surface area (Å²) in [6.07, 6.45) is 10.1. The molecular formula is C24H44N3O2+. The lowest BCUT2D eigenvalue weighted by atomic mass is 10.0. The molecule has 1 amide bonds. The van der Waals surface area contributed by atoms with Crippen LogP contribution in [0.2, 0.25) is 0 Å². The topological polar surface area (TPSA) is 64.3 Å². The molecule has 29 heavy (non-hydrogen) atoms. The van der Waals surface area contributed by atoms with Gasteiger partial charge in [-0.2, -0.15) is 0 Å². The Morgan fingerprint density at radius 2 is 1.72 bits per heavy atom. The van der Waals surface area contributed by atoms with Crippen molar-refractivity contribution in [2.45, 2.75) is 72.1 Å². The third kappa shape index (κ3) is 10.0. The van der Waals surface area contributed by atoms with E-state index in [4.69, 9.17) is 10.5 Å². The number of rotatable bonds is 18. The summed E-state index contributed by atoms with van der Waals surface area (Å²) in [5.41, 5.74) is 8.21. The first kappa shape index (κ1) is 25.3. The second kappa shape index (κ2) is 15.1. The number of nitrogens with zero attached hydrogens (tertiary/aromatic N) is 1. The number of ether oxygens (including phenoxy) is 1. The first-order valence-electron chi connectivity index (χ1n) is 11.6. The highest BCUT2D eigenvalue weighted by Gasteiger charge is 2.21. The molecule has 1 rings (SSSR count). The molecule has 0 atom stereocenters. The molecule has 0 saturated carbocycles. The number of nitrogen functional groups attached to an aromatic ring is 1. The summed E-state index contributed by atoms with van der Waals surface area (Å²) >= 11 is 0. The highest BCUT2D eigenvalue weighted by atomic mass is 16.5. The van der Waals surface area contributed by atoms with Gasteiger partial charge in [-0.15, -0.1) is 0 Å². The Hall–Kier alpha value is -1.75. The van der Waals surface area contributed by atoms with E-state index in [1.807, 2.05) is 6.07 Å². The predicted molar refractivity (Wildman–Crippen MR) is 123 cm³/mol. The maximum Gasteiger partial charge on any atom is 0.207 e. The lowest BCUT2D eigenvalue weighted by Gasteiger charge is -2.37. The molecule has 0 bridgehead atoms. The second-order valence-electron chi connectivity index (χ2n) is 8.09. The zero-order valence-corrected chi connectivity index (χ0v) is 19.0. The molecule has 0 fully saturated rings. The van der Waals surface area contributed by atoms with Gasteiger partial charge in [-0.1, -0.05) is 25.8 Å². The quantitative estimate of drug-likeness (QED) is 0.163. The minimum Gasteiger partial charge on any atom is -0.491 e. The first-order chi connectivity index (χ1) is 14.1. The number of hydrogen-bond donors (Lipinski definition) is 2. The molecule has 0 saturated heterocycles. The minimum atomic E-state index is 0.739. The number of carbonyl (C=O) groups is 1. The lowest BCUT2D eigenvalue weighted by molar-refractivity contribution is -0.925. The van der Waals surface area contributed by atoms with Crippen molar-refractivity contribution in [2.24, 2.45) is 0 Å². The highest BCUT2D eigenvalue weighted by molar-refractivity contribution is 5.54. The Bertz CT molecular complexity index is 559. The van der Waals surface area contributed by atoms with Gasteiger partial charge in [-0.3, -0.25) is 4.79 Å². The molecule has 5 heteroatoms. The number of anilines is 1. The summed E-state index contributed by atoms with van der Waals surface area (Å²) in [5.74, 6) is 0.818. The third-order valence-electron chi connectivity index (χ3n) is 6.06. The number of aryl methyl sites for hydroxylation is 1. The van der Waals surface area contributed by atoms with Crippen LogP contribution in [0, 0.1) is 0 Å². The number of hydrogen-bond acceptors (Lipinski definition) is 3. The fourth-order valence-corrected chi connectivity index (χ4v) is 3.88. The van der Waals surface area contributed by atoms with Crippen molar-refractivity contribution in [3.05, 3.63) is 23.8 Å². The molecule has 166 valence electrons. The molecule has 0 aliphatic rings. The number of nitrogens with two attached hydrogens (primary N) is 1. The van der Waals surface area contributed by atoms with E-state index >= 15 is 0 Å². The van der Waals surface area contributed by atoms with Crippen molar-refractivity contribution in [3.8, 4) is 5.75 Å². The maximum absolute atomic E-state index is 10.4. The zero-order valence-electron chi connectivity index (χ0n) is 19.0. The largest absolute Gasteiger partial charge is 0.491 e. The average molecular weight is 407 g/mol. The number of quaternary nitrogens is 1. The van der Waals surface area contributed by atoms with Crippen molar-refractivity contribution < 1.29 is 14.0 Å². The Kier molecular flexibility index (Phi) is 13.2. The molecule has 0 aliphatic heterocycles. The van der Waals surface area contributed by atoms with Gasteiger partial charge in [0.05, 0.1) is 38.5 Å². The zero-order chi connectivity index (χ0) is 21.4. The van der Waals surface area contributed by atoms with E-state index in [1.54, 1.807) is 0 Å². The fraction of sp³-hybridized carbons (Fsp3) is 0.708. The Balaban J connectivity index is 2.28. The first-order valence-corrected chi connectivity index (χ1v) is 11.6. The Labute approximate surface area is 178 Å². The van der Waals surface area contributed by atoms with Gasteiger partial charge in [0.15, 0.2) is 0 Å². The van der Waals surface area contributed by atoms with Crippen LogP contribution >= 0.6 is 0 Å². The molecule has 1 aromatic carbocycles. The Morgan fingerprint density at radius 3 is 2.38 bits per heavy atom. The van der Waals surface area contributed by atoms with Crippen molar-refractivity contribution in [1.29, 1.82) is 0 Å². The molecule has 0 unspecified atom stereocenters. The monoisotopic (exact) mass is 406 g/mol.